The average Bonchev–Trinajstić information content (AvgIpc) is 3.15. The van der Waals surface area contributed by atoms with E-state index in [-0.39, 0.29) is 5.91 Å². The lowest BCUT2D eigenvalue weighted by Crippen LogP contribution is -2.61. The number of hydrogen-bond donors (Lipinski definition) is 2. The summed E-state index contributed by atoms with van der Waals surface area (Å²) < 4.78 is 1.90. The van der Waals surface area contributed by atoms with E-state index in [2.05, 4.69) is 59.6 Å². The van der Waals surface area contributed by atoms with Gasteiger partial charge in [0.05, 0.1) is 23.4 Å². The quantitative estimate of drug-likeness (QED) is 0.852. The Morgan fingerprint density at radius 2 is 2.11 bits per heavy atom. The van der Waals surface area contributed by atoms with E-state index in [1.165, 1.54) is 5.56 Å². The third kappa shape index (κ3) is 3.59. The number of likely N-dealkylation sites (tertiary alicyclic amines) is 1. The van der Waals surface area contributed by atoms with Gasteiger partial charge in [-0.1, -0.05) is 26.0 Å². The lowest BCUT2D eigenvalue weighted by molar-refractivity contribution is -0.149. The van der Waals surface area contributed by atoms with E-state index in [1.54, 1.807) is 0 Å². The van der Waals surface area contributed by atoms with Crippen LogP contribution in [0.1, 0.15) is 50.2 Å². The van der Waals surface area contributed by atoms with Crippen LogP contribution in [0.5, 0.6) is 0 Å². The summed E-state index contributed by atoms with van der Waals surface area (Å²) in [6.45, 7) is 7.24. The van der Waals surface area contributed by atoms with Crippen molar-refractivity contribution in [3.8, 4) is 5.69 Å². The molecule has 28 heavy (non-hydrogen) atoms. The first-order valence-corrected chi connectivity index (χ1v) is 10.3. The summed E-state index contributed by atoms with van der Waals surface area (Å²) in [6, 6.07) is 8.51. The molecule has 0 radical (unpaired) electrons. The lowest BCUT2D eigenvalue weighted by Gasteiger charge is -2.46. The maximum Gasteiger partial charge on any atom is 0.230 e. The van der Waals surface area contributed by atoms with Crippen molar-refractivity contribution in [1.82, 2.24) is 20.0 Å². The van der Waals surface area contributed by atoms with E-state index in [0.29, 0.717) is 18.9 Å². The molecule has 0 aliphatic carbocycles. The minimum absolute atomic E-state index is 0.0110. The van der Waals surface area contributed by atoms with Crippen molar-refractivity contribution in [3.05, 3.63) is 47.8 Å². The molecule has 2 aliphatic heterocycles. The highest BCUT2D eigenvalue weighted by Crippen LogP contribution is 2.37. The van der Waals surface area contributed by atoms with Crippen LogP contribution in [0.3, 0.4) is 0 Å². The summed E-state index contributed by atoms with van der Waals surface area (Å²) in [5, 5.41) is 18.0. The number of aromatic nitrogens is 2. The zero-order valence-electron chi connectivity index (χ0n) is 16.8. The molecule has 1 aromatic carbocycles. The van der Waals surface area contributed by atoms with Crippen LogP contribution in [-0.2, 0) is 11.3 Å². The first kappa shape index (κ1) is 19.2. The van der Waals surface area contributed by atoms with Crippen LogP contribution in [0.15, 0.2) is 36.7 Å². The van der Waals surface area contributed by atoms with Crippen LogP contribution in [-0.4, -0.2) is 51.4 Å². The third-order valence-electron chi connectivity index (χ3n) is 6.27. The predicted molar refractivity (Wildman–Crippen MR) is 108 cm³/mol. The number of aliphatic hydroxyl groups is 1. The van der Waals surface area contributed by atoms with Gasteiger partial charge in [0.15, 0.2) is 0 Å². The molecular weight excluding hydrogens is 352 g/mol. The molecule has 1 spiro atoms. The van der Waals surface area contributed by atoms with Gasteiger partial charge in [-0.25, -0.2) is 4.68 Å². The van der Waals surface area contributed by atoms with Crippen molar-refractivity contribution < 1.29 is 9.90 Å². The van der Waals surface area contributed by atoms with Crippen LogP contribution in [0, 0.1) is 5.41 Å². The Balaban J connectivity index is 1.46. The topological polar surface area (TPSA) is 70.4 Å². The fraction of sp³-hybridized carbons (Fsp3) is 0.545. The molecule has 1 aromatic heterocycles. The molecule has 3 heterocycles. The number of amides is 1. The minimum Gasteiger partial charge on any atom is -0.392 e. The van der Waals surface area contributed by atoms with E-state index >= 15 is 0 Å². The molecule has 2 aromatic rings. The first-order chi connectivity index (χ1) is 13.5. The second-order valence-corrected chi connectivity index (χ2v) is 8.57. The third-order valence-corrected chi connectivity index (χ3v) is 6.27. The van der Waals surface area contributed by atoms with Gasteiger partial charge < -0.3 is 10.4 Å². The molecule has 2 fully saturated rings. The molecule has 0 unspecified atom stereocenters. The number of aliphatic hydroxyl groups excluding tert-OH is 1. The fourth-order valence-electron chi connectivity index (χ4n) is 4.52. The van der Waals surface area contributed by atoms with E-state index in [0.717, 1.165) is 43.7 Å². The van der Waals surface area contributed by atoms with Crippen molar-refractivity contribution >= 4 is 5.91 Å². The smallest absolute Gasteiger partial charge is 0.230 e. The Bertz CT molecular complexity index is 829. The minimum atomic E-state index is -0.654. The van der Waals surface area contributed by atoms with Gasteiger partial charge in [0.1, 0.15) is 0 Å². The molecular formula is C22H30N4O2. The molecule has 4 rings (SSSR count). The zero-order valence-corrected chi connectivity index (χ0v) is 16.8. The predicted octanol–water partition coefficient (Wildman–Crippen LogP) is 2.46. The largest absolute Gasteiger partial charge is 0.392 e. The number of hydrogen-bond acceptors (Lipinski definition) is 4. The van der Waals surface area contributed by atoms with Crippen LogP contribution < -0.4 is 5.32 Å². The number of nitrogens with one attached hydrogen (secondary N) is 1. The molecule has 1 amide bonds. The van der Waals surface area contributed by atoms with E-state index in [4.69, 9.17) is 0 Å². The molecule has 2 N–H and O–H groups in total. The SMILES string of the molecule is CC(C)c1ccc(-n2cc(CN3CC[C@H](O)[C@@]4(CCCNC4=O)C3)cn2)cc1. The van der Waals surface area contributed by atoms with Gasteiger partial charge in [0, 0.05) is 37.9 Å². The second kappa shape index (κ2) is 7.68. The van der Waals surface area contributed by atoms with Crippen molar-refractivity contribution in [2.24, 2.45) is 5.41 Å². The van der Waals surface area contributed by atoms with Crippen molar-refractivity contribution in [1.29, 1.82) is 0 Å². The van der Waals surface area contributed by atoms with Crippen LogP contribution in [0.25, 0.3) is 5.69 Å². The molecule has 0 saturated carbocycles. The van der Waals surface area contributed by atoms with E-state index in [9.17, 15) is 9.90 Å². The van der Waals surface area contributed by atoms with E-state index in [1.807, 2.05) is 10.9 Å². The summed E-state index contributed by atoms with van der Waals surface area (Å²) in [4.78, 5) is 14.8. The standard InChI is InChI=1S/C22H30N4O2/c1-16(2)18-4-6-19(7-5-18)26-14-17(12-24-26)13-25-11-8-20(27)22(15-25)9-3-10-23-21(22)28/h4-7,12,14,16,20,27H,3,8-11,13,15H2,1-2H3,(H,23,28)/t20-,22+/m0/s1. The Morgan fingerprint density at radius 3 is 2.82 bits per heavy atom. The maximum atomic E-state index is 12.5. The van der Waals surface area contributed by atoms with Gasteiger partial charge in [-0.15, -0.1) is 0 Å². The number of carbonyl (C=O) groups excluding carboxylic acids is 1. The van der Waals surface area contributed by atoms with Gasteiger partial charge in [-0.2, -0.15) is 5.10 Å². The maximum absolute atomic E-state index is 12.5. The molecule has 6 heteroatoms. The average molecular weight is 383 g/mol. The van der Waals surface area contributed by atoms with Crippen molar-refractivity contribution in [2.45, 2.75) is 51.7 Å². The number of nitrogens with zero attached hydrogens (tertiary/aromatic N) is 3. The van der Waals surface area contributed by atoms with Crippen LogP contribution >= 0.6 is 0 Å². The van der Waals surface area contributed by atoms with Gasteiger partial charge in [0.25, 0.3) is 0 Å². The fourth-order valence-corrected chi connectivity index (χ4v) is 4.52. The molecule has 2 aliphatic rings. The number of benzene rings is 1. The highest BCUT2D eigenvalue weighted by atomic mass is 16.3. The lowest BCUT2D eigenvalue weighted by atomic mass is 9.71. The monoisotopic (exact) mass is 382 g/mol. The Labute approximate surface area is 166 Å². The molecule has 0 bridgehead atoms. The number of piperidine rings is 2. The van der Waals surface area contributed by atoms with Gasteiger partial charge in [0.2, 0.25) is 5.91 Å². The van der Waals surface area contributed by atoms with Crippen molar-refractivity contribution in [2.75, 3.05) is 19.6 Å². The number of rotatable bonds is 4. The van der Waals surface area contributed by atoms with Gasteiger partial charge in [-0.05, 0) is 42.9 Å². The Hall–Kier alpha value is -2.18. The summed E-state index contributed by atoms with van der Waals surface area (Å²) in [6.07, 6.45) is 5.74. The van der Waals surface area contributed by atoms with Crippen LogP contribution in [0.4, 0.5) is 0 Å². The molecule has 2 atom stereocenters. The second-order valence-electron chi connectivity index (χ2n) is 8.57. The first-order valence-electron chi connectivity index (χ1n) is 10.3. The molecule has 2 saturated heterocycles. The number of carbonyl (C=O) groups is 1. The summed E-state index contributed by atoms with van der Waals surface area (Å²) in [7, 11) is 0. The Kier molecular flexibility index (Phi) is 5.25. The zero-order chi connectivity index (χ0) is 19.7. The van der Waals surface area contributed by atoms with Gasteiger partial charge >= 0.3 is 0 Å². The summed E-state index contributed by atoms with van der Waals surface area (Å²) in [5.74, 6) is 0.526. The Morgan fingerprint density at radius 1 is 1.32 bits per heavy atom. The summed E-state index contributed by atoms with van der Waals surface area (Å²) >= 11 is 0. The van der Waals surface area contributed by atoms with Crippen LogP contribution in [0.2, 0.25) is 0 Å². The van der Waals surface area contributed by atoms with Gasteiger partial charge in [-0.3, -0.25) is 9.69 Å². The van der Waals surface area contributed by atoms with Crippen molar-refractivity contribution in [3.63, 3.8) is 0 Å². The normalized spacial score (nSPS) is 26.0. The highest BCUT2D eigenvalue weighted by Gasteiger charge is 2.49. The molecule has 6 nitrogen and oxygen atoms in total. The highest BCUT2D eigenvalue weighted by molar-refractivity contribution is 5.84. The molecule has 150 valence electrons. The summed E-state index contributed by atoms with van der Waals surface area (Å²) in [5.41, 5.74) is 2.83. The van der Waals surface area contributed by atoms with E-state index < -0.39 is 11.5 Å².